The zero-order chi connectivity index (χ0) is 25.7. The van der Waals surface area contributed by atoms with Crippen molar-refractivity contribution in [2.75, 3.05) is 10.6 Å². The number of halogens is 3. The summed E-state index contributed by atoms with van der Waals surface area (Å²) in [5.41, 5.74) is -0.339. The Balaban J connectivity index is 1.42. The van der Waals surface area contributed by atoms with Crippen molar-refractivity contribution in [2.24, 2.45) is 0 Å². The number of hydrogen-bond donors (Lipinski definition) is 2. The van der Waals surface area contributed by atoms with Crippen LogP contribution in [0.25, 0.3) is 0 Å². The minimum atomic E-state index is -4.54. The highest BCUT2D eigenvalue weighted by molar-refractivity contribution is 6.12. The van der Waals surface area contributed by atoms with Crippen LogP contribution in [0.15, 0.2) is 77.3 Å². The highest BCUT2D eigenvalue weighted by atomic mass is 19.4. The lowest BCUT2D eigenvalue weighted by atomic mass is 10.1. The van der Waals surface area contributed by atoms with Gasteiger partial charge in [-0.25, -0.2) is 0 Å². The van der Waals surface area contributed by atoms with Gasteiger partial charge in [-0.1, -0.05) is 23.4 Å². The van der Waals surface area contributed by atoms with Gasteiger partial charge in [0.25, 0.3) is 11.8 Å². The summed E-state index contributed by atoms with van der Waals surface area (Å²) in [4.78, 5) is 29.6. The third-order valence-corrected chi connectivity index (χ3v) is 4.92. The van der Waals surface area contributed by atoms with Gasteiger partial charge in [0.15, 0.2) is 6.61 Å². The second-order valence-corrected chi connectivity index (χ2v) is 7.58. The smallest absolute Gasteiger partial charge is 0.416 e. The summed E-state index contributed by atoms with van der Waals surface area (Å²) < 4.78 is 49.3. The molecule has 36 heavy (non-hydrogen) atoms. The van der Waals surface area contributed by atoms with E-state index in [2.05, 4.69) is 20.8 Å². The number of ether oxygens (including phenoxy) is 1. The topological polar surface area (TPSA) is 106 Å². The van der Waals surface area contributed by atoms with E-state index in [1.807, 2.05) is 0 Å². The van der Waals surface area contributed by atoms with Gasteiger partial charge in [0.05, 0.1) is 16.8 Å². The molecule has 1 heterocycles. The molecule has 0 fully saturated rings. The summed E-state index contributed by atoms with van der Waals surface area (Å²) in [7, 11) is 0. The first kappa shape index (κ1) is 24.5. The molecular weight excluding hydrogens is 477 g/mol. The number of carbonyl (C=O) groups excluding carboxylic acids is 2. The molecule has 0 saturated heterocycles. The van der Waals surface area contributed by atoms with E-state index >= 15 is 0 Å². The number of alkyl halides is 3. The Morgan fingerprint density at radius 2 is 1.69 bits per heavy atom. The highest BCUT2D eigenvalue weighted by Crippen LogP contribution is 2.31. The Labute approximate surface area is 203 Å². The van der Waals surface area contributed by atoms with Crippen LogP contribution in [0.3, 0.4) is 0 Å². The molecule has 0 aliphatic heterocycles. The van der Waals surface area contributed by atoms with Crippen LogP contribution in [-0.4, -0.2) is 22.0 Å². The Bertz CT molecular complexity index is 1380. The number of rotatable bonds is 7. The van der Waals surface area contributed by atoms with E-state index in [9.17, 15) is 22.8 Å². The molecule has 0 bridgehead atoms. The molecule has 2 N–H and O–H groups in total. The van der Waals surface area contributed by atoms with Crippen LogP contribution < -0.4 is 15.4 Å². The van der Waals surface area contributed by atoms with Gasteiger partial charge in [0.1, 0.15) is 5.75 Å². The van der Waals surface area contributed by atoms with Crippen LogP contribution in [0.4, 0.5) is 24.5 Å². The van der Waals surface area contributed by atoms with Crippen LogP contribution >= 0.6 is 0 Å². The second kappa shape index (κ2) is 10.3. The van der Waals surface area contributed by atoms with E-state index in [1.165, 1.54) is 36.4 Å². The summed E-state index contributed by atoms with van der Waals surface area (Å²) in [5.74, 6) is 0.119. The van der Waals surface area contributed by atoms with Gasteiger partial charge in [-0.15, -0.1) is 0 Å². The van der Waals surface area contributed by atoms with Crippen molar-refractivity contribution < 1.29 is 32.0 Å². The van der Waals surface area contributed by atoms with Gasteiger partial charge in [-0.3, -0.25) is 9.59 Å². The summed E-state index contributed by atoms with van der Waals surface area (Å²) in [6.45, 7) is 1.76. The lowest BCUT2D eigenvalue weighted by Crippen LogP contribution is -2.18. The SMILES string of the molecule is Cc1nc(COc2ccc(C(=O)Nc3ccccc3C(=O)Nc3cccc(C(F)(F)F)c3)cc2)no1. The maximum Gasteiger partial charge on any atom is 0.416 e. The molecule has 2 amide bonds. The Hall–Kier alpha value is -4.67. The third kappa shape index (κ3) is 6.06. The van der Waals surface area contributed by atoms with Crippen LogP contribution in [0.2, 0.25) is 0 Å². The standard InChI is InChI=1S/C25H19F3N4O4/c1-15-29-22(32-36-15)14-35-19-11-9-16(10-12-19)23(33)31-21-8-3-2-7-20(21)24(34)30-18-6-4-5-17(13-18)25(26,27)28/h2-13H,14H2,1H3,(H,30,34)(H,31,33). The van der Waals surface area contributed by atoms with Crippen LogP contribution in [-0.2, 0) is 12.8 Å². The summed E-state index contributed by atoms with van der Waals surface area (Å²) in [5, 5.41) is 8.82. The zero-order valence-corrected chi connectivity index (χ0v) is 18.8. The van der Waals surface area contributed by atoms with Crippen molar-refractivity contribution in [3.63, 3.8) is 0 Å². The molecule has 1 aromatic heterocycles. The van der Waals surface area contributed by atoms with E-state index in [1.54, 1.807) is 31.2 Å². The maximum absolute atomic E-state index is 13.0. The van der Waals surface area contributed by atoms with E-state index < -0.39 is 23.6 Å². The number of nitrogens with zero attached hydrogens (tertiary/aromatic N) is 2. The van der Waals surface area contributed by atoms with E-state index in [4.69, 9.17) is 9.26 Å². The number of amides is 2. The molecule has 0 spiro atoms. The van der Waals surface area contributed by atoms with Gasteiger partial charge in [0, 0.05) is 18.2 Å². The van der Waals surface area contributed by atoms with Gasteiger partial charge in [0.2, 0.25) is 11.7 Å². The Morgan fingerprint density at radius 3 is 2.39 bits per heavy atom. The summed E-state index contributed by atoms with van der Waals surface area (Å²) in [6, 6.07) is 16.7. The molecule has 0 unspecified atom stereocenters. The van der Waals surface area contributed by atoms with E-state index in [-0.39, 0.29) is 23.5 Å². The van der Waals surface area contributed by atoms with Crippen molar-refractivity contribution in [3.05, 3.63) is 101 Å². The largest absolute Gasteiger partial charge is 0.485 e. The predicted molar refractivity (Wildman–Crippen MR) is 124 cm³/mol. The number of para-hydroxylation sites is 1. The number of carbonyl (C=O) groups is 2. The molecule has 3 aromatic carbocycles. The summed E-state index contributed by atoms with van der Waals surface area (Å²) >= 11 is 0. The number of hydrogen-bond acceptors (Lipinski definition) is 6. The molecule has 0 radical (unpaired) electrons. The number of aryl methyl sites for hydroxylation is 1. The zero-order valence-electron chi connectivity index (χ0n) is 18.8. The number of aromatic nitrogens is 2. The van der Waals surface area contributed by atoms with E-state index in [0.717, 1.165) is 12.1 Å². The average Bonchev–Trinajstić information content (AvgIpc) is 3.28. The van der Waals surface area contributed by atoms with Crippen LogP contribution in [0, 0.1) is 6.92 Å². The fourth-order valence-corrected chi connectivity index (χ4v) is 3.21. The van der Waals surface area contributed by atoms with Gasteiger partial charge in [-0.2, -0.15) is 18.2 Å². The number of anilines is 2. The first-order valence-corrected chi connectivity index (χ1v) is 10.6. The quantitative estimate of drug-likeness (QED) is 0.351. The normalized spacial score (nSPS) is 11.1. The third-order valence-electron chi connectivity index (χ3n) is 4.92. The predicted octanol–water partition coefficient (Wildman–Crippen LogP) is 5.48. The number of nitrogens with one attached hydrogen (secondary N) is 2. The average molecular weight is 496 g/mol. The molecule has 0 aliphatic carbocycles. The molecule has 0 saturated carbocycles. The summed E-state index contributed by atoms with van der Waals surface area (Å²) in [6.07, 6.45) is -4.54. The van der Waals surface area contributed by atoms with Crippen molar-refractivity contribution in [3.8, 4) is 5.75 Å². The highest BCUT2D eigenvalue weighted by Gasteiger charge is 2.30. The molecule has 4 rings (SSSR count). The van der Waals surface area contributed by atoms with Gasteiger partial charge in [-0.05, 0) is 54.6 Å². The van der Waals surface area contributed by atoms with Crippen LogP contribution in [0.1, 0.15) is 38.0 Å². The van der Waals surface area contributed by atoms with Crippen molar-refractivity contribution >= 4 is 23.2 Å². The molecule has 0 aliphatic rings. The minimum Gasteiger partial charge on any atom is -0.485 e. The van der Waals surface area contributed by atoms with Crippen molar-refractivity contribution in [2.45, 2.75) is 19.7 Å². The van der Waals surface area contributed by atoms with Crippen molar-refractivity contribution in [1.29, 1.82) is 0 Å². The van der Waals surface area contributed by atoms with Gasteiger partial charge < -0.3 is 19.9 Å². The van der Waals surface area contributed by atoms with Crippen LogP contribution in [0.5, 0.6) is 5.75 Å². The Kier molecular flexibility index (Phi) is 7.00. The first-order chi connectivity index (χ1) is 17.2. The fourth-order valence-electron chi connectivity index (χ4n) is 3.21. The molecule has 8 nitrogen and oxygen atoms in total. The molecular formula is C25H19F3N4O4. The maximum atomic E-state index is 13.0. The molecule has 4 aromatic rings. The monoisotopic (exact) mass is 496 g/mol. The Morgan fingerprint density at radius 1 is 0.944 bits per heavy atom. The second-order valence-electron chi connectivity index (χ2n) is 7.58. The van der Waals surface area contributed by atoms with Gasteiger partial charge >= 0.3 is 6.18 Å². The van der Waals surface area contributed by atoms with E-state index in [0.29, 0.717) is 23.0 Å². The molecule has 11 heteroatoms. The fraction of sp³-hybridized carbons (Fsp3) is 0.120. The lowest BCUT2D eigenvalue weighted by Gasteiger charge is -2.13. The molecule has 0 atom stereocenters. The first-order valence-electron chi connectivity index (χ1n) is 10.6. The van der Waals surface area contributed by atoms with Crippen molar-refractivity contribution in [1.82, 2.24) is 10.1 Å². The lowest BCUT2D eigenvalue weighted by molar-refractivity contribution is -0.137. The minimum absolute atomic E-state index is 0.0254. The number of benzene rings is 3. The molecule has 184 valence electrons.